The fourth-order valence-corrected chi connectivity index (χ4v) is 2.68. The largest absolute Gasteiger partial charge is 0.322 e. The first kappa shape index (κ1) is 15.7. The molecular weight excluding hydrogens is 264 g/mol. The van der Waals surface area contributed by atoms with Gasteiger partial charge in [0.2, 0.25) is 11.8 Å². The molecule has 1 atom stereocenters. The van der Waals surface area contributed by atoms with Crippen LogP contribution in [0.1, 0.15) is 50.3 Å². The van der Waals surface area contributed by atoms with Crippen LogP contribution in [0, 0.1) is 5.92 Å². The molecule has 21 heavy (non-hydrogen) atoms. The van der Waals surface area contributed by atoms with Gasteiger partial charge in [-0.15, -0.1) is 0 Å². The number of rotatable bonds is 5. The van der Waals surface area contributed by atoms with E-state index < -0.39 is 0 Å². The highest BCUT2D eigenvalue weighted by molar-refractivity contribution is 5.97. The first-order chi connectivity index (χ1) is 9.97. The van der Waals surface area contributed by atoms with Gasteiger partial charge in [0.25, 0.3) is 0 Å². The molecular formula is C17H24N2O2. The molecule has 1 fully saturated rings. The van der Waals surface area contributed by atoms with Gasteiger partial charge in [-0.2, -0.15) is 0 Å². The summed E-state index contributed by atoms with van der Waals surface area (Å²) in [5.41, 5.74) is 8.41. The van der Waals surface area contributed by atoms with Gasteiger partial charge in [-0.3, -0.25) is 14.5 Å². The van der Waals surface area contributed by atoms with Crippen molar-refractivity contribution < 1.29 is 9.59 Å². The van der Waals surface area contributed by atoms with E-state index in [-0.39, 0.29) is 24.4 Å². The van der Waals surface area contributed by atoms with E-state index in [9.17, 15) is 9.59 Å². The van der Waals surface area contributed by atoms with Gasteiger partial charge in [0.15, 0.2) is 0 Å². The Kier molecular flexibility index (Phi) is 5.12. The number of likely N-dealkylation sites (tertiary alicyclic amines) is 1. The predicted octanol–water partition coefficient (Wildman–Crippen LogP) is 2.42. The normalized spacial score (nSPS) is 17.4. The number of piperidine rings is 1. The second-order valence-electron chi connectivity index (χ2n) is 6.20. The van der Waals surface area contributed by atoms with Crippen molar-refractivity contribution in [1.29, 1.82) is 0 Å². The fraction of sp³-hybridized carbons (Fsp3) is 0.529. The van der Waals surface area contributed by atoms with E-state index >= 15 is 0 Å². The van der Waals surface area contributed by atoms with Gasteiger partial charge in [-0.05, 0) is 29.9 Å². The maximum Gasteiger partial charge on any atom is 0.229 e. The van der Waals surface area contributed by atoms with E-state index in [4.69, 9.17) is 5.73 Å². The van der Waals surface area contributed by atoms with Crippen molar-refractivity contribution in [1.82, 2.24) is 4.90 Å². The second-order valence-corrected chi connectivity index (χ2v) is 6.20. The number of carbonyl (C=O) groups excluding carboxylic acids is 2. The van der Waals surface area contributed by atoms with Crippen LogP contribution in [0.5, 0.6) is 0 Å². The second kappa shape index (κ2) is 6.85. The molecule has 0 saturated carbocycles. The Hall–Kier alpha value is -1.68. The zero-order chi connectivity index (χ0) is 15.4. The van der Waals surface area contributed by atoms with Crippen LogP contribution in [0.2, 0.25) is 0 Å². The first-order valence-corrected chi connectivity index (χ1v) is 7.65. The molecule has 1 aromatic rings. The van der Waals surface area contributed by atoms with E-state index in [0.717, 1.165) is 12.0 Å². The summed E-state index contributed by atoms with van der Waals surface area (Å²) in [4.78, 5) is 24.9. The molecule has 2 amide bonds. The van der Waals surface area contributed by atoms with Gasteiger partial charge in [0.05, 0.1) is 0 Å². The molecule has 0 radical (unpaired) electrons. The van der Waals surface area contributed by atoms with E-state index in [1.54, 1.807) is 0 Å². The average molecular weight is 288 g/mol. The third-order valence-corrected chi connectivity index (χ3v) is 3.81. The van der Waals surface area contributed by atoms with Crippen molar-refractivity contribution in [2.45, 2.75) is 45.6 Å². The van der Waals surface area contributed by atoms with Crippen molar-refractivity contribution in [3.8, 4) is 0 Å². The number of hydrogen-bond acceptors (Lipinski definition) is 3. The molecule has 1 aliphatic rings. The number of nitrogens with two attached hydrogens (primary N) is 1. The highest BCUT2D eigenvalue weighted by Crippen LogP contribution is 2.19. The molecule has 4 heteroatoms. The molecule has 1 aliphatic heterocycles. The molecule has 1 aromatic carbocycles. The maximum atomic E-state index is 11.8. The van der Waals surface area contributed by atoms with Gasteiger partial charge in [0.1, 0.15) is 0 Å². The fourth-order valence-electron chi connectivity index (χ4n) is 2.68. The lowest BCUT2D eigenvalue weighted by Gasteiger charge is -2.27. The Labute approximate surface area is 126 Å². The Balaban J connectivity index is 2.00. The van der Waals surface area contributed by atoms with Crippen molar-refractivity contribution in [3.05, 3.63) is 35.4 Å². The molecule has 2 N–H and O–H groups in total. The summed E-state index contributed by atoms with van der Waals surface area (Å²) in [7, 11) is 0. The molecule has 1 unspecified atom stereocenters. The number of benzene rings is 1. The van der Waals surface area contributed by atoms with Gasteiger partial charge in [-0.25, -0.2) is 0 Å². The number of hydrogen-bond donors (Lipinski definition) is 1. The Morgan fingerprint density at radius 1 is 1.10 bits per heavy atom. The minimum Gasteiger partial charge on any atom is -0.322 e. The maximum absolute atomic E-state index is 11.8. The lowest BCUT2D eigenvalue weighted by atomic mass is 9.99. The summed E-state index contributed by atoms with van der Waals surface area (Å²) < 4.78 is 0. The van der Waals surface area contributed by atoms with Gasteiger partial charge < -0.3 is 5.73 Å². The monoisotopic (exact) mass is 288 g/mol. The van der Waals surface area contributed by atoms with Crippen LogP contribution >= 0.6 is 0 Å². The number of carbonyl (C=O) groups is 2. The molecule has 0 aromatic heterocycles. The highest BCUT2D eigenvalue weighted by Gasteiger charge is 2.27. The van der Waals surface area contributed by atoms with Crippen LogP contribution in [-0.4, -0.2) is 23.3 Å². The minimum absolute atomic E-state index is 0.0990. The summed E-state index contributed by atoms with van der Waals surface area (Å²) in [6, 6.07) is 7.84. The quantitative estimate of drug-likeness (QED) is 0.846. The topological polar surface area (TPSA) is 63.4 Å². The average Bonchev–Trinajstić information content (AvgIpc) is 2.43. The molecule has 0 aliphatic carbocycles. The van der Waals surface area contributed by atoms with Crippen molar-refractivity contribution >= 4 is 11.8 Å². The SMILES string of the molecule is CC(C)Cc1ccc(C(N)CN2C(=O)CCCC2=O)cc1. The lowest BCUT2D eigenvalue weighted by Crippen LogP contribution is -2.43. The molecule has 2 rings (SSSR count). The smallest absolute Gasteiger partial charge is 0.229 e. The van der Waals surface area contributed by atoms with E-state index in [2.05, 4.69) is 26.0 Å². The number of imide groups is 1. The Bertz CT molecular complexity index is 492. The standard InChI is InChI=1S/C17H24N2O2/c1-12(2)10-13-6-8-14(9-7-13)15(18)11-19-16(20)4-3-5-17(19)21/h6-9,12,15H,3-5,10-11,18H2,1-2H3. The molecule has 0 spiro atoms. The molecule has 0 bridgehead atoms. The number of nitrogens with zero attached hydrogens (tertiary/aromatic N) is 1. The third-order valence-electron chi connectivity index (χ3n) is 3.81. The van der Waals surface area contributed by atoms with E-state index in [1.165, 1.54) is 10.5 Å². The Morgan fingerprint density at radius 2 is 1.67 bits per heavy atom. The minimum atomic E-state index is -0.316. The molecule has 114 valence electrons. The summed E-state index contributed by atoms with van der Waals surface area (Å²) in [5, 5.41) is 0. The van der Waals surface area contributed by atoms with Crippen molar-refractivity contribution in [2.75, 3.05) is 6.54 Å². The zero-order valence-corrected chi connectivity index (χ0v) is 12.8. The van der Waals surface area contributed by atoms with Crippen LogP contribution in [0.4, 0.5) is 0 Å². The molecule has 4 nitrogen and oxygen atoms in total. The van der Waals surface area contributed by atoms with Crippen LogP contribution in [0.25, 0.3) is 0 Å². The summed E-state index contributed by atoms with van der Waals surface area (Å²) >= 11 is 0. The van der Waals surface area contributed by atoms with Crippen molar-refractivity contribution in [3.63, 3.8) is 0 Å². The van der Waals surface area contributed by atoms with Crippen LogP contribution in [0.3, 0.4) is 0 Å². The van der Waals surface area contributed by atoms with Crippen molar-refractivity contribution in [2.24, 2.45) is 11.7 Å². The van der Waals surface area contributed by atoms with Crippen LogP contribution in [-0.2, 0) is 16.0 Å². The summed E-state index contributed by atoms with van der Waals surface area (Å²) in [5.74, 6) is 0.421. The van der Waals surface area contributed by atoms with E-state index in [1.807, 2.05) is 12.1 Å². The molecule has 1 heterocycles. The number of amides is 2. The predicted molar refractivity (Wildman–Crippen MR) is 82.5 cm³/mol. The molecule has 1 saturated heterocycles. The van der Waals surface area contributed by atoms with Crippen LogP contribution < -0.4 is 5.73 Å². The summed E-state index contributed by atoms with van der Waals surface area (Å²) in [6.45, 7) is 4.65. The van der Waals surface area contributed by atoms with Crippen LogP contribution in [0.15, 0.2) is 24.3 Å². The first-order valence-electron chi connectivity index (χ1n) is 7.65. The summed E-state index contributed by atoms with van der Waals surface area (Å²) in [6.07, 6.45) is 2.60. The van der Waals surface area contributed by atoms with Gasteiger partial charge in [-0.1, -0.05) is 38.1 Å². The zero-order valence-electron chi connectivity index (χ0n) is 12.8. The van der Waals surface area contributed by atoms with E-state index in [0.29, 0.717) is 25.2 Å². The lowest BCUT2D eigenvalue weighted by molar-refractivity contribution is -0.148. The Morgan fingerprint density at radius 3 is 2.19 bits per heavy atom. The third kappa shape index (κ3) is 4.14. The van der Waals surface area contributed by atoms with Gasteiger partial charge in [0, 0.05) is 25.4 Å². The van der Waals surface area contributed by atoms with Gasteiger partial charge >= 0.3 is 0 Å². The highest BCUT2D eigenvalue weighted by atomic mass is 16.2.